The molecule has 1 aliphatic heterocycles. The van der Waals surface area contributed by atoms with Gasteiger partial charge in [0.15, 0.2) is 0 Å². The molecule has 5 nitrogen and oxygen atoms in total. The van der Waals surface area contributed by atoms with Gasteiger partial charge in [-0.1, -0.05) is 0 Å². The fourth-order valence-corrected chi connectivity index (χ4v) is 2.32. The zero-order valence-electron chi connectivity index (χ0n) is 9.46. The molecule has 1 atom stereocenters. The second kappa shape index (κ2) is 4.65. The highest BCUT2D eigenvalue weighted by molar-refractivity contribution is 5.67. The van der Waals surface area contributed by atoms with Crippen molar-refractivity contribution >= 4 is 5.97 Å². The van der Waals surface area contributed by atoms with E-state index in [1.165, 1.54) is 0 Å². The molecule has 0 aliphatic carbocycles. The van der Waals surface area contributed by atoms with Gasteiger partial charge >= 0.3 is 5.97 Å². The van der Waals surface area contributed by atoms with E-state index in [0.29, 0.717) is 0 Å². The van der Waals surface area contributed by atoms with Gasteiger partial charge in [0.05, 0.1) is 12.6 Å². The minimum absolute atomic E-state index is 0.192. The minimum atomic E-state index is -0.705. The molecule has 1 saturated heterocycles. The van der Waals surface area contributed by atoms with E-state index in [1.54, 1.807) is 4.68 Å². The molecule has 0 spiro atoms. The van der Waals surface area contributed by atoms with Crippen LogP contribution < -0.4 is 0 Å². The van der Waals surface area contributed by atoms with Crippen LogP contribution in [0.4, 0.5) is 0 Å². The van der Waals surface area contributed by atoms with Crippen LogP contribution in [0, 0.1) is 0 Å². The smallest absolute Gasteiger partial charge is 0.304 e. The zero-order valence-corrected chi connectivity index (χ0v) is 9.46. The van der Waals surface area contributed by atoms with E-state index in [0.717, 1.165) is 31.5 Å². The molecule has 0 bridgehead atoms. The molecule has 0 radical (unpaired) electrons. The molecule has 1 N–H and O–H groups in total. The summed E-state index contributed by atoms with van der Waals surface area (Å²) in [5.41, 5.74) is 1.15. The van der Waals surface area contributed by atoms with Crippen molar-refractivity contribution in [1.82, 2.24) is 14.7 Å². The number of rotatable bonds is 4. The van der Waals surface area contributed by atoms with Gasteiger partial charge in [-0.2, -0.15) is 5.10 Å². The molecule has 1 fully saturated rings. The molecular weight excluding hydrogens is 206 g/mol. The van der Waals surface area contributed by atoms with Gasteiger partial charge in [0.1, 0.15) is 0 Å². The van der Waals surface area contributed by atoms with Crippen LogP contribution in [0.3, 0.4) is 0 Å². The lowest BCUT2D eigenvalue weighted by Gasteiger charge is -2.22. The number of aromatic nitrogens is 2. The van der Waals surface area contributed by atoms with Crippen LogP contribution in [-0.2, 0) is 18.4 Å². The number of aryl methyl sites for hydroxylation is 1. The van der Waals surface area contributed by atoms with Gasteiger partial charge in [-0.05, 0) is 19.4 Å². The maximum atomic E-state index is 10.7. The average molecular weight is 223 g/mol. The summed E-state index contributed by atoms with van der Waals surface area (Å²) >= 11 is 0. The van der Waals surface area contributed by atoms with Gasteiger partial charge < -0.3 is 5.11 Å². The average Bonchev–Trinajstić information content (AvgIpc) is 2.77. The third-order valence-electron chi connectivity index (χ3n) is 3.05. The van der Waals surface area contributed by atoms with Gasteiger partial charge in [0, 0.05) is 31.4 Å². The Morgan fingerprint density at radius 3 is 3.12 bits per heavy atom. The van der Waals surface area contributed by atoms with Crippen molar-refractivity contribution in [2.24, 2.45) is 7.05 Å². The van der Waals surface area contributed by atoms with Crippen LogP contribution in [-0.4, -0.2) is 38.3 Å². The van der Waals surface area contributed by atoms with Crippen LogP contribution in [0.15, 0.2) is 12.4 Å². The molecule has 1 aromatic rings. The highest BCUT2D eigenvalue weighted by atomic mass is 16.4. The number of aliphatic carboxylic acids is 1. The van der Waals surface area contributed by atoms with E-state index < -0.39 is 5.97 Å². The molecule has 5 heteroatoms. The number of carbonyl (C=O) groups is 1. The Bertz CT molecular complexity index is 375. The standard InChI is InChI=1S/C11H17N3O2/c1-13-7-9(6-12-13)8-14-4-2-3-10(14)5-11(15)16/h6-7,10H,2-5,8H2,1H3,(H,15,16). The molecule has 16 heavy (non-hydrogen) atoms. The largest absolute Gasteiger partial charge is 0.481 e. The Kier molecular flexibility index (Phi) is 3.24. The zero-order chi connectivity index (χ0) is 11.5. The highest BCUT2D eigenvalue weighted by Gasteiger charge is 2.26. The van der Waals surface area contributed by atoms with Crippen LogP contribution in [0.25, 0.3) is 0 Å². The van der Waals surface area contributed by atoms with Gasteiger partial charge in [-0.25, -0.2) is 0 Å². The quantitative estimate of drug-likeness (QED) is 0.822. The third kappa shape index (κ3) is 2.61. The number of hydrogen-bond donors (Lipinski definition) is 1. The first kappa shape index (κ1) is 11.1. The van der Waals surface area contributed by atoms with E-state index in [-0.39, 0.29) is 12.5 Å². The molecule has 0 saturated carbocycles. The number of carboxylic acid groups (broad SMARTS) is 1. The number of likely N-dealkylation sites (tertiary alicyclic amines) is 1. The number of hydrogen-bond acceptors (Lipinski definition) is 3. The molecule has 1 unspecified atom stereocenters. The van der Waals surface area contributed by atoms with E-state index in [2.05, 4.69) is 10.00 Å². The first-order valence-corrected chi connectivity index (χ1v) is 5.58. The van der Waals surface area contributed by atoms with Crippen molar-refractivity contribution < 1.29 is 9.90 Å². The molecule has 0 amide bonds. The maximum absolute atomic E-state index is 10.7. The molecule has 1 aliphatic rings. The summed E-state index contributed by atoms with van der Waals surface area (Å²) in [6.45, 7) is 1.80. The summed E-state index contributed by atoms with van der Waals surface area (Å²) in [5.74, 6) is -0.705. The Morgan fingerprint density at radius 2 is 2.50 bits per heavy atom. The van der Waals surface area contributed by atoms with Crippen LogP contribution in [0.1, 0.15) is 24.8 Å². The monoisotopic (exact) mass is 223 g/mol. The molecule has 2 rings (SSSR count). The van der Waals surface area contributed by atoms with Gasteiger partial charge in [0.2, 0.25) is 0 Å². The summed E-state index contributed by atoms with van der Waals surface area (Å²) in [6, 6.07) is 0.192. The molecule has 2 heterocycles. The molecular formula is C11H17N3O2. The lowest BCUT2D eigenvalue weighted by atomic mass is 10.1. The van der Waals surface area contributed by atoms with Gasteiger partial charge in [-0.15, -0.1) is 0 Å². The normalized spacial score (nSPS) is 21.4. The Labute approximate surface area is 94.7 Å². The lowest BCUT2D eigenvalue weighted by molar-refractivity contribution is -0.138. The van der Waals surface area contributed by atoms with Crippen LogP contribution in [0.5, 0.6) is 0 Å². The van der Waals surface area contributed by atoms with Crippen LogP contribution in [0.2, 0.25) is 0 Å². The predicted octanol–water partition coefficient (Wildman–Crippen LogP) is 0.859. The minimum Gasteiger partial charge on any atom is -0.481 e. The van der Waals surface area contributed by atoms with Crippen molar-refractivity contribution in [3.8, 4) is 0 Å². The maximum Gasteiger partial charge on any atom is 0.304 e. The third-order valence-corrected chi connectivity index (χ3v) is 3.05. The Balaban J connectivity index is 1.95. The first-order valence-electron chi connectivity index (χ1n) is 5.58. The fraction of sp³-hybridized carbons (Fsp3) is 0.636. The summed E-state index contributed by atoms with van der Waals surface area (Å²) in [6.07, 6.45) is 6.16. The van der Waals surface area contributed by atoms with Crippen molar-refractivity contribution in [2.75, 3.05) is 6.54 Å². The summed E-state index contributed by atoms with van der Waals surface area (Å²) in [4.78, 5) is 13.0. The van der Waals surface area contributed by atoms with Crippen molar-refractivity contribution in [3.63, 3.8) is 0 Å². The van der Waals surface area contributed by atoms with E-state index in [9.17, 15) is 4.79 Å². The Morgan fingerprint density at radius 1 is 1.69 bits per heavy atom. The van der Waals surface area contributed by atoms with Crippen molar-refractivity contribution in [2.45, 2.75) is 31.8 Å². The first-order chi connectivity index (χ1) is 7.65. The van der Waals surface area contributed by atoms with Gasteiger partial charge in [0.25, 0.3) is 0 Å². The summed E-state index contributed by atoms with van der Waals surface area (Å²) < 4.78 is 1.78. The van der Waals surface area contributed by atoms with Crippen molar-refractivity contribution in [3.05, 3.63) is 18.0 Å². The molecule has 0 aromatic carbocycles. The summed E-state index contributed by atoms with van der Waals surface area (Å²) in [7, 11) is 1.89. The van der Waals surface area contributed by atoms with Gasteiger partial charge in [-0.3, -0.25) is 14.4 Å². The lowest BCUT2D eigenvalue weighted by Crippen LogP contribution is -2.30. The SMILES string of the molecule is Cn1cc(CN2CCCC2CC(=O)O)cn1. The van der Waals surface area contributed by atoms with E-state index >= 15 is 0 Å². The van der Waals surface area contributed by atoms with E-state index in [1.807, 2.05) is 19.4 Å². The number of carboxylic acids is 1. The fourth-order valence-electron chi connectivity index (χ4n) is 2.32. The van der Waals surface area contributed by atoms with Crippen LogP contribution >= 0.6 is 0 Å². The molecule has 88 valence electrons. The second-order valence-corrected chi connectivity index (χ2v) is 4.39. The topological polar surface area (TPSA) is 58.4 Å². The second-order valence-electron chi connectivity index (χ2n) is 4.39. The molecule has 1 aromatic heterocycles. The van der Waals surface area contributed by atoms with E-state index in [4.69, 9.17) is 5.11 Å². The Hall–Kier alpha value is -1.36. The van der Waals surface area contributed by atoms with Crippen molar-refractivity contribution in [1.29, 1.82) is 0 Å². The number of nitrogens with zero attached hydrogens (tertiary/aromatic N) is 3. The predicted molar refractivity (Wildman–Crippen MR) is 58.9 cm³/mol. The highest BCUT2D eigenvalue weighted by Crippen LogP contribution is 2.22. The summed E-state index contributed by atoms with van der Waals surface area (Å²) in [5, 5.41) is 12.9.